The van der Waals surface area contributed by atoms with Crippen LogP contribution in [0.1, 0.15) is 17.5 Å². The lowest BCUT2D eigenvalue weighted by Crippen LogP contribution is -2.41. The van der Waals surface area contributed by atoms with Gasteiger partial charge in [-0.3, -0.25) is 9.59 Å². The number of amidine groups is 1. The second-order valence-corrected chi connectivity index (χ2v) is 7.37. The summed E-state index contributed by atoms with van der Waals surface area (Å²) in [6.07, 6.45) is -4.60. The molecule has 0 bridgehead atoms. The molecule has 1 saturated heterocycles. The average molecular weight is 407 g/mol. The lowest BCUT2D eigenvalue weighted by atomic mass is 10.2. The monoisotopic (exact) mass is 407 g/mol. The third-order valence-corrected chi connectivity index (χ3v) is 4.97. The summed E-state index contributed by atoms with van der Waals surface area (Å²) in [6.45, 7) is 1.93. The van der Waals surface area contributed by atoms with Crippen LogP contribution >= 0.6 is 11.8 Å². The minimum absolute atomic E-state index is 0.0171. The summed E-state index contributed by atoms with van der Waals surface area (Å²) in [7, 11) is 0. The maximum atomic E-state index is 12.8. The molecule has 1 aliphatic rings. The summed E-state index contributed by atoms with van der Waals surface area (Å²) in [5.41, 5.74) is 0.833. The highest BCUT2D eigenvalue weighted by Gasteiger charge is 2.32. The number of carbonyl (C=O) groups excluding carboxylic acids is 2. The summed E-state index contributed by atoms with van der Waals surface area (Å²) in [4.78, 5) is 28.7. The Morgan fingerprint density at radius 2 is 1.93 bits per heavy atom. The molecule has 146 valence electrons. The molecule has 1 aliphatic heterocycles. The van der Waals surface area contributed by atoms with Gasteiger partial charge in [0.05, 0.1) is 11.3 Å². The van der Waals surface area contributed by atoms with Gasteiger partial charge in [-0.2, -0.15) is 13.2 Å². The van der Waals surface area contributed by atoms with Crippen LogP contribution < -0.4 is 10.6 Å². The van der Waals surface area contributed by atoms with E-state index in [0.29, 0.717) is 5.69 Å². The maximum absolute atomic E-state index is 12.8. The molecule has 9 heteroatoms. The van der Waals surface area contributed by atoms with Gasteiger partial charge in [-0.25, -0.2) is 4.99 Å². The first-order chi connectivity index (χ1) is 13.2. The molecule has 2 aromatic carbocycles. The Hall–Kier alpha value is -2.81. The molecule has 2 aromatic rings. The largest absolute Gasteiger partial charge is 0.416 e. The molecule has 2 N–H and O–H groups in total. The van der Waals surface area contributed by atoms with E-state index < -0.39 is 22.9 Å². The Kier molecular flexibility index (Phi) is 5.73. The molecule has 0 unspecified atom stereocenters. The molecule has 0 saturated carbocycles. The van der Waals surface area contributed by atoms with Gasteiger partial charge < -0.3 is 10.6 Å². The SMILES string of the molecule is Cc1ccc(N=C2NC(=O)C[C@H](C(=O)Nc3cccc(C(F)(F)F)c3)S2)cc1. The fraction of sp³-hybridized carbons (Fsp3) is 0.211. The van der Waals surface area contributed by atoms with Crippen molar-refractivity contribution in [2.24, 2.45) is 4.99 Å². The number of benzene rings is 2. The smallest absolute Gasteiger partial charge is 0.325 e. The van der Waals surface area contributed by atoms with Crippen LogP contribution in [0.5, 0.6) is 0 Å². The normalized spacial score (nSPS) is 18.6. The third-order valence-electron chi connectivity index (χ3n) is 3.89. The molecular weight excluding hydrogens is 391 g/mol. The van der Waals surface area contributed by atoms with Crippen LogP contribution in [0.15, 0.2) is 53.5 Å². The molecule has 0 aliphatic carbocycles. The van der Waals surface area contributed by atoms with Gasteiger partial charge in [-0.05, 0) is 37.3 Å². The predicted molar refractivity (Wildman–Crippen MR) is 102 cm³/mol. The van der Waals surface area contributed by atoms with Gasteiger partial charge in [0.2, 0.25) is 11.8 Å². The van der Waals surface area contributed by atoms with Crippen molar-refractivity contribution >= 4 is 40.1 Å². The van der Waals surface area contributed by atoms with Gasteiger partial charge in [-0.15, -0.1) is 0 Å². The van der Waals surface area contributed by atoms with Crippen molar-refractivity contribution in [3.8, 4) is 0 Å². The first-order valence-electron chi connectivity index (χ1n) is 8.31. The molecule has 1 atom stereocenters. The lowest BCUT2D eigenvalue weighted by molar-refractivity contribution is -0.137. The Morgan fingerprint density at radius 1 is 1.21 bits per heavy atom. The number of carbonyl (C=O) groups is 2. The number of anilines is 1. The average Bonchev–Trinajstić information content (AvgIpc) is 2.63. The number of rotatable bonds is 3. The summed E-state index contributed by atoms with van der Waals surface area (Å²) in [5.74, 6) is -0.940. The van der Waals surface area contributed by atoms with Gasteiger partial charge in [0.25, 0.3) is 0 Å². The van der Waals surface area contributed by atoms with Gasteiger partial charge in [-0.1, -0.05) is 35.5 Å². The van der Waals surface area contributed by atoms with Crippen molar-refractivity contribution in [2.45, 2.75) is 24.8 Å². The fourth-order valence-electron chi connectivity index (χ4n) is 2.48. The van der Waals surface area contributed by atoms with Crippen LogP contribution in [0.3, 0.4) is 0 Å². The number of hydrogen-bond acceptors (Lipinski definition) is 4. The van der Waals surface area contributed by atoms with Gasteiger partial charge in [0.15, 0.2) is 5.17 Å². The van der Waals surface area contributed by atoms with Crippen LogP contribution in [0.4, 0.5) is 24.5 Å². The molecular formula is C19H16F3N3O2S. The summed E-state index contributed by atoms with van der Waals surface area (Å²) in [6, 6.07) is 11.6. The highest BCUT2D eigenvalue weighted by Crippen LogP contribution is 2.31. The number of alkyl halides is 3. The van der Waals surface area contributed by atoms with E-state index in [1.165, 1.54) is 12.1 Å². The standard InChI is InChI=1S/C19H16F3N3O2S/c1-11-5-7-13(8-6-11)24-18-25-16(26)10-15(28-18)17(27)23-14-4-2-3-12(9-14)19(20,21)22/h2-9,15H,10H2,1H3,(H,23,27)(H,24,25,26)/t15-/m1/s1. The number of aryl methyl sites for hydroxylation is 1. The van der Waals surface area contributed by atoms with Gasteiger partial charge in [0.1, 0.15) is 5.25 Å². The molecule has 0 spiro atoms. The van der Waals surface area contributed by atoms with E-state index in [9.17, 15) is 22.8 Å². The molecule has 28 heavy (non-hydrogen) atoms. The van der Waals surface area contributed by atoms with E-state index >= 15 is 0 Å². The van der Waals surface area contributed by atoms with Crippen molar-refractivity contribution in [1.82, 2.24) is 5.32 Å². The molecule has 2 amide bonds. The topological polar surface area (TPSA) is 70.6 Å². The van der Waals surface area contributed by atoms with E-state index in [4.69, 9.17) is 0 Å². The Labute approximate surface area is 163 Å². The summed E-state index contributed by atoms with van der Waals surface area (Å²) < 4.78 is 38.4. The molecule has 5 nitrogen and oxygen atoms in total. The minimum atomic E-state index is -4.51. The zero-order valence-corrected chi connectivity index (χ0v) is 15.5. The van der Waals surface area contributed by atoms with E-state index in [0.717, 1.165) is 29.5 Å². The number of nitrogens with one attached hydrogen (secondary N) is 2. The van der Waals surface area contributed by atoms with E-state index in [1.807, 2.05) is 19.1 Å². The van der Waals surface area contributed by atoms with E-state index in [1.54, 1.807) is 12.1 Å². The number of nitrogens with zero attached hydrogens (tertiary/aromatic N) is 1. The van der Waals surface area contributed by atoms with Crippen LogP contribution in [-0.2, 0) is 15.8 Å². The molecule has 0 aromatic heterocycles. The van der Waals surface area contributed by atoms with Crippen molar-refractivity contribution in [2.75, 3.05) is 5.32 Å². The van der Waals surface area contributed by atoms with Crippen LogP contribution in [0.25, 0.3) is 0 Å². The van der Waals surface area contributed by atoms with Crippen molar-refractivity contribution in [1.29, 1.82) is 0 Å². The molecule has 1 fully saturated rings. The Balaban J connectivity index is 1.73. The van der Waals surface area contributed by atoms with Crippen molar-refractivity contribution in [3.63, 3.8) is 0 Å². The van der Waals surface area contributed by atoms with Gasteiger partial charge in [0, 0.05) is 12.1 Å². The predicted octanol–water partition coefficient (Wildman–Crippen LogP) is 4.26. The second-order valence-electron chi connectivity index (χ2n) is 6.18. The number of halogens is 3. The highest BCUT2D eigenvalue weighted by atomic mass is 32.2. The van der Waals surface area contributed by atoms with Crippen LogP contribution in [-0.4, -0.2) is 22.2 Å². The Bertz CT molecular complexity index is 927. The summed E-state index contributed by atoms with van der Waals surface area (Å²) >= 11 is 1.06. The fourth-order valence-corrected chi connectivity index (χ4v) is 3.48. The van der Waals surface area contributed by atoms with Crippen LogP contribution in [0, 0.1) is 6.92 Å². The zero-order chi connectivity index (χ0) is 20.3. The number of thioether (sulfide) groups is 1. The third kappa shape index (κ3) is 5.13. The van der Waals surface area contributed by atoms with Crippen LogP contribution in [0.2, 0.25) is 0 Å². The zero-order valence-electron chi connectivity index (χ0n) is 14.7. The highest BCUT2D eigenvalue weighted by molar-refractivity contribution is 8.15. The van der Waals surface area contributed by atoms with E-state index in [2.05, 4.69) is 15.6 Å². The van der Waals surface area contributed by atoms with E-state index in [-0.39, 0.29) is 23.2 Å². The minimum Gasteiger partial charge on any atom is -0.325 e. The summed E-state index contributed by atoms with van der Waals surface area (Å²) in [5, 5.41) is 4.51. The second kappa shape index (κ2) is 8.05. The van der Waals surface area contributed by atoms with Crippen molar-refractivity contribution < 1.29 is 22.8 Å². The lowest BCUT2D eigenvalue weighted by Gasteiger charge is -2.22. The Morgan fingerprint density at radius 3 is 2.61 bits per heavy atom. The molecule has 0 radical (unpaired) electrons. The van der Waals surface area contributed by atoms with Gasteiger partial charge >= 0.3 is 6.18 Å². The first kappa shape index (κ1) is 19.9. The first-order valence-corrected chi connectivity index (χ1v) is 9.19. The maximum Gasteiger partial charge on any atom is 0.416 e. The quantitative estimate of drug-likeness (QED) is 0.799. The number of hydrogen-bond donors (Lipinski definition) is 2. The number of amides is 2. The number of aliphatic imine (C=N–C) groups is 1. The van der Waals surface area contributed by atoms with Crippen molar-refractivity contribution in [3.05, 3.63) is 59.7 Å². The molecule has 3 rings (SSSR count). The molecule has 1 heterocycles.